The van der Waals surface area contributed by atoms with E-state index in [0.29, 0.717) is 5.69 Å². The van der Waals surface area contributed by atoms with Crippen LogP contribution in [0.5, 0.6) is 0 Å². The second-order valence-corrected chi connectivity index (χ2v) is 6.51. The van der Waals surface area contributed by atoms with E-state index < -0.39 is 6.04 Å². The van der Waals surface area contributed by atoms with Crippen molar-refractivity contribution in [3.05, 3.63) is 48.7 Å². The Morgan fingerprint density at radius 2 is 2.08 bits per heavy atom. The van der Waals surface area contributed by atoms with Crippen LogP contribution in [0.2, 0.25) is 0 Å². The zero-order chi connectivity index (χ0) is 16.5. The highest BCUT2D eigenvalue weighted by molar-refractivity contribution is 7.22. The first-order valence-electron chi connectivity index (χ1n) is 7.56. The van der Waals surface area contributed by atoms with Crippen LogP contribution < -0.4 is 10.6 Å². The average Bonchev–Trinajstić information content (AvgIpc) is 3.20. The van der Waals surface area contributed by atoms with Crippen molar-refractivity contribution in [3.8, 4) is 0 Å². The van der Waals surface area contributed by atoms with Gasteiger partial charge in [0.1, 0.15) is 6.04 Å². The molecule has 24 heavy (non-hydrogen) atoms. The molecule has 7 heteroatoms. The number of hydrogen-bond acceptors (Lipinski definition) is 5. The molecule has 4 aromatic rings. The number of aromatic nitrogens is 3. The van der Waals surface area contributed by atoms with Gasteiger partial charge in [0.05, 0.1) is 27.6 Å². The third-order valence-electron chi connectivity index (χ3n) is 3.76. The SMILES string of the molecule is C[C@H](Nc1nc2ccccc2s1)C(=O)Nc1cccc2cn[nH]c12. The Labute approximate surface area is 141 Å². The van der Waals surface area contributed by atoms with Gasteiger partial charge in [-0.05, 0) is 25.1 Å². The van der Waals surface area contributed by atoms with Crippen molar-refractivity contribution >= 4 is 49.2 Å². The molecular formula is C17H15N5OS. The van der Waals surface area contributed by atoms with E-state index in [1.807, 2.05) is 49.4 Å². The summed E-state index contributed by atoms with van der Waals surface area (Å²) in [6.07, 6.45) is 1.73. The minimum absolute atomic E-state index is 0.128. The van der Waals surface area contributed by atoms with Crippen molar-refractivity contribution in [2.24, 2.45) is 0 Å². The Balaban J connectivity index is 1.50. The lowest BCUT2D eigenvalue weighted by atomic mass is 10.2. The van der Waals surface area contributed by atoms with Gasteiger partial charge in [-0.1, -0.05) is 35.6 Å². The molecule has 0 aliphatic carbocycles. The van der Waals surface area contributed by atoms with Crippen LogP contribution in [0.25, 0.3) is 21.1 Å². The number of anilines is 2. The quantitative estimate of drug-likeness (QED) is 0.531. The number of carbonyl (C=O) groups excluding carboxylic acids is 1. The van der Waals surface area contributed by atoms with Crippen LogP contribution in [0.4, 0.5) is 10.8 Å². The van der Waals surface area contributed by atoms with Gasteiger partial charge in [-0.2, -0.15) is 5.10 Å². The standard InChI is InChI=1S/C17H15N5OS/c1-10(19-17-21-12-6-2-3-8-14(12)24-17)16(23)20-13-7-4-5-11-9-18-22-15(11)13/h2-10H,1H3,(H,18,22)(H,19,21)(H,20,23)/t10-/m0/s1. The number of nitrogens with one attached hydrogen (secondary N) is 3. The molecule has 2 aromatic heterocycles. The number of fused-ring (bicyclic) bond motifs is 2. The number of rotatable bonds is 4. The zero-order valence-corrected chi connectivity index (χ0v) is 13.7. The van der Waals surface area contributed by atoms with Crippen molar-refractivity contribution in [3.63, 3.8) is 0 Å². The summed E-state index contributed by atoms with van der Waals surface area (Å²) in [5.41, 5.74) is 2.46. The van der Waals surface area contributed by atoms with E-state index in [1.165, 1.54) is 11.3 Å². The largest absolute Gasteiger partial charge is 0.350 e. The highest BCUT2D eigenvalue weighted by Crippen LogP contribution is 2.26. The topological polar surface area (TPSA) is 82.7 Å². The van der Waals surface area contributed by atoms with E-state index in [2.05, 4.69) is 25.8 Å². The van der Waals surface area contributed by atoms with E-state index in [9.17, 15) is 4.79 Å². The van der Waals surface area contributed by atoms with Crippen LogP contribution in [-0.2, 0) is 4.79 Å². The summed E-state index contributed by atoms with van der Waals surface area (Å²) in [4.78, 5) is 17.0. The summed E-state index contributed by atoms with van der Waals surface area (Å²) in [6, 6.07) is 13.2. The maximum Gasteiger partial charge on any atom is 0.246 e. The van der Waals surface area contributed by atoms with Gasteiger partial charge < -0.3 is 10.6 Å². The zero-order valence-electron chi connectivity index (χ0n) is 12.9. The van der Waals surface area contributed by atoms with Gasteiger partial charge in [0.25, 0.3) is 0 Å². The second kappa shape index (κ2) is 5.93. The molecular weight excluding hydrogens is 322 g/mol. The van der Waals surface area contributed by atoms with Crippen molar-refractivity contribution in [2.75, 3.05) is 10.6 Å². The monoisotopic (exact) mass is 337 g/mol. The molecule has 0 fully saturated rings. The first-order chi connectivity index (χ1) is 11.7. The molecule has 0 spiro atoms. The number of H-pyrrole nitrogens is 1. The third kappa shape index (κ3) is 2.69. The maximum absolute atomic E-state index is 12.5. The number of carbonyl (C=O) groups is 1. The Kier molecular flexibility index (Phi) is 3.62. The molecule has 0 saturated carbocycles. The Hall–Kier alpha value is -2.93. The van der Waals surface area contributed by atoms with Crippen LogP contribution in [0.15, 0.2) is 48.7 Å². The number of thiazole rings is 1. The van der Waals surface area contributed by atoms with Gasteiger partial charge in [-0.15, -0.1) is 0 Å². The van der Waals surface area contributed by atoms with Gasteiger partial charge in [0.15, 0.2) is 5.13 Å². The van der Waals surface area contributed by atoms with E-state index in [1.54, 1.807) is 6.20 Å². The molecule has 0 aliphatic rings. The fourth-order valence-corrected chi connectivity index (χ4v) is 3.45. The lowest BCUT2D eigenvalue weighted by Crippen LogP contribution is -2.31. The molecule has 0 saturated heterocycles. The van der Waals surface area contributed by atoms with Crippen LogP contribution in [0.3, 0.4) is 0 Å². The Bertz CT molecular complexity index is 989. The Morgan fingerprint density at radius 3 is 2.96 bits per heavy atom. The summed E-state index contributed by atoms with van der Waals surface area (Å²) in [5, 5.41) is 14.7. The van der Waals surface area contributed by atoms with Crippen molar-refractivity contribution in [2.45, 2.75) is 13.0 Å². The van der Waals surface area contributed by atoms with E-state index in [4.69, 9.17) is 0 Å². The lowest BCUT2D eigenvalue weighted by molar-refractivity contribution is -0.116. The molecule has 2 aromatic carbocycles. The molecule has 1 amide bonds. The molecule has 0 unspecified atom stereocenters. The maximum atomic E-state index is 12.5. The number of aromatic amines is 1. The molecule has 0 radical (unpaired) electrons. The van der Waals surface area contributed by atoms with E-state index >= 15 is 0 Å². The van der Waals surface area contributed by atoms with Crippen molar-refractivity contribution < 1.29 is 4.79 Å². The van der Waals surface area contributed by atoms with Gasteiger partial charge in [0.2, 0.25) is 5.91 Å². The highest BCUT2D eigenvalue weighted by atomic mass is 32.1. The van der Waals surface area contributed by atoms with Crippen LogP contribution in [-0.4, -0.2) is 27.1 Å². The van der Waals surface area contributed by atoms with E-state index in [0.717, 1.165) is 26.3 Å². The van der Waals surface area contributed by atoms with Crippen LogP contribution in [0.1, 0.15) is 6.92 Å². The van der Waals surface area contributed by atoms with Crippen molar-refractivity contribution in [1.82, 2.24) is 15.2 Å². The summed E-state index contributed by atoms with van der Waals surface area (Å²) >= 11 is 1.53. The highest BCUT2D eigenvalue weighted by Gasteiger charge is 2.16. The molecule has 6 nitrogen and oxygen atoms in total. The lowest BCUT2D eigenvalue weighted by Gasteiger charge is -2.13. The molecule has 4 rings (SSSR count). The number of nitrogens with zero attached hydrogens (tertiary/aromatic N) is 2. The normalized spacial score (nSPS) is 12.4. The predicted octanol–water partition coefficient (Wildman–Crippen LogP) is 3.61. The summed E-state index contributed by atoms with van der Waals surface area (Å²) in [5.74, 6) is -0.128. The molecule has 120 valence electrons. The number of para-hydroxylation sites is 2. The predicted molar refractivity (Wildman–Crippen MR) is 97.4 cm³/mol. The Morgan fingerprint density at radius 1 is 1.21 bits per heavy atom. The molecule has 0 aliphatic heterocycles. The van der Waals surface area contributed by atoms with Crippen LogP contribution in [0, 0.1) is 0 Å². The van der Waals surface area contributed by atoms with Gasteiger partial charge in [-0.25, -0.2) is 4.98 Å². The molecule has 2 heterocycles. The van der Waals surface area contributed by atoms with Gasteiger partial charge >= 0.3 is 0 Å². The average molecular weight is 337 g/mol. The summed E-state index contributed by atoms with van der Waals surface area (Å²) in [7, 11) is 0. The molecule has 3 N–H and O–H groups in total. The summed E-state index contributed by atoms with van der Waals surface area (Å²) in [6.45, 7) is 1.81. The number of hydrogen-bond donors (Lipinski definition) is 3. The van der Waals surface area contributed by atoms with Crippen molar-refractivity contribution in [1.29, 1.82) is 0 Å². The fourth-order valence-electron chi connectivity index (χ4n) is 2.50. The third-order valence-corrected chi connectivity index (χ3v) is 4.73. The van der Waals surface area contributed by atoms with Gasteiger partial charge in [-0.3, -0.25) is 9.89 Å². The minimum atomic E-state index is -0.413. The number of amides is 1. The van der Waals surface area contributed by atoms with Gasteiger partial charge in [0, 0.05) is 5.39 Å². The number of benzene rings is 2. The first kappa shape index (κ1) is 14.6. The minimum Gasteiger partial charge on any atom is -0.350 e. The second-order valence-electron chi connectivity index (χ2n) is 5.48. The smallest absolute Gasteiger partial charge is 0.246 e. The molecule has 1 atom stereocenters. The molecule has 0 bridgehead atoms. The van der Waals surface area contributed by atoms with Crippen LogP contribution >= 0.6 is 11.3 Å². The first-order valence-corrected chi connectivity index (χ1v) is 8.37. The van der Waals surface area contributed by atoms with E-state index in [-0.39, 0.29) is 5.91 Å². The summed E-state index contributed by atoms with van der Waals surface area (Å²) < 4.78 is 1.09. The fraction of sp³-hybridized carbons (Fsp3) is 0.118.